The fraction of sp³-hybridized carbons (Fsp3) is 0.625. The van der Waals surface area contributed by atoms with E-state index in [4.69, 9.17) is 14.2 Å². The predicted octanol–water partition coefficient (Wildman–Crippen LogP) is 0.00660. The minimum absolute atomic E-state index is 0.0800. The zero-order valence-electron chi connectivity index (χ0n) is 15.1. The average Bonchev–Trinajstić information content (AvgIpc) is 2.58. The fourth-order valence-electron chi connectivity index (χ4n) is 2.47. The molecule has 2 aliphatic heterocycles. The summed E-state index contributed by atoms with van der Waals surface area (Å²) in [6.45, 7) is 4.64. The summed E-state index contributed by atoms with van der Waals surface area (Å²) in [5.74, 6) is -1.24. The van der Waals surface area contributed by atoms with Crippen LogP contribution in [0.5, 0.6) is 0 Å². The fourth-order valence-corrected chi connectivity index (χ4v) is 3.81. The van der Waals surface area contributed by atoms with Gasteiger partial charge in [-0.2, -0.15) is 0 Å². The summed E-state index contributed by atoms with van der Waals surface area (Å²) < 4.78 is 15.1. The molecule has 0 saturated carbocycles. The van der Waals surface area contributed by atoms with Crippen LogP contribution < -0.4 is 5.32 Å². The highest BCUT2D eigenvalue weighted by Crippen LogP contribution is 2.40. The first-order valence-corrected chi connectivity index (χ1v) is 8.97. The van der Waals surface area contributed by atoms with Crippen molar-refractivity contribution in [1.82, 2.24) is 10.2 Å². The van der Waals surface area contributed by atoms with Crippen LogP contribution in [0.3, 0.4) is 0 Å². The van der Waals surface area contributed by atoms with E-state index in [0.29, 0.717) is 17.7 Å². The van der Waals surface area contributed by atoms with Crippen LogP contribution in [-0.2, 0) is 33.4 Å². The minimum atomic E-state index is -0.776. The second kappa shape index (κ2) is 8.09. The Labute approximate surface area is 155 Å². The van der Waals surface area contributed by atoms with Crippen molar-refractivity contribution in [1.29, 1.82) is 0 Å². The summed E-state index contributed by atoms with van der Waals surface area (Å²) in [7, 11) is 1.48. The summed E-state index contributed by atoms with van der Waals surface area (Å²) in [5, 5.41) is 2.06. The molecule has 0 aromatic heterocycles. The molecule has 1 saturated heterocycles. The molecule has 1 N–H and O–H groups in total. The van der Waals surface area contributed by atoms with Crippen molar-refractivity contribution in [2.24, 2.45) is 5.41 Å². The number of β-lactam (4-membered cyclic amide) rings is 1. The number of hydrogen-bond acceptors (Lipinski definition) is 8. The Morgan fingerprint density at radius 1 is 1.35 bits per heavy atom. The number of ether oxygens (including phenoxy) is 3. The van der Waals surface area contributed by atoms with E-state index >= 15 is 0 Å². The molecular formula is C16H22N2O7S. The maximum absolute atomic E-state index is 12.5. The zero-order valence-corrected chi connectivity index (χ0v) is 15.9. The Balaban J connectivity index is 2.09. The Morgan fingerprint density at radius 2 is 2.04 bits per heavy atom. The van der Waals surface area contributed by atoms with Gasteiger partial charge in [0.2, 0.25) is 13.2 Å². The van der Waals surface area contributed by atoms with Crippen molar-refractivity contribution in [2.75, 3.05) is 26.3 Å². The lowest BCUT2D eigenvalue weighted by Gasteiger charge is -2.49. The Kier molecular flexibility index (Phi) is 6.30. The molecule has 0 bridgehead atoms. The highest BCUT2D eigenvalue weighted by molar-refractivity contribution is 8.00. The number of amides is 2. The maximum atomic E-state index is 12.5. The predicted molar refractivity (Wildman–Crippen MR) is 91.5 cm³/mol. The third kappa shape index (κ3) is 4.01. The number of nitrogens with one attached hydrogen (secondary N) is 1. The highest BCUT2D eigenvalue weighted by atomic mass is 32.2. The van der Waals surface area contributed by atoms with Crippen LogP contribution in [0.4, 0.5) is 0 Å². The molecular weight excluding hydrogens is 364 g/mol. The molecule has 0 unspecified atom stereocenters. The number of nitrogens with zero attached hydrogens (tertiary/aromatic N) is 1. The van der Waals surface area contributed by atoms with Gasteiger partial charge in [-0.15, -0.1) is 11.8 Å². The molecule has 26 heavy (non-hydrogen) atoms. The molecule has 2 heterocycles. The maximum Gasteiger partial charge on any atom is 0.358 e. The summed E-state index contributed by atoms with van der Waals surface area (Å²) >= 11 is 1.42. The molecule has 0 aromatic carbocycles. The van der Waals surface area contributed by atoms with Crippen LogP contribution in [0.25, 0.3) is 0 Å². The van der Waals surface area contributed by atoms with Gasteiger partial charge >= 0.3 is 11.9 Å². The van der Waals surface area contributed by atoms with Gasteiger partial charge in [0.15, 0.2) is 0 Å². The van der Waals surface area contributed by atoms with Crippen LogP contribution in [0.1, 0.15) is 20.8 Å². The molecule has 0 aliphatic carbocycles. The van der Waals surface area contributed by atoms with Gasteiger partial charge in [0.25, 0.3) is 5.91 Å². The lowest BCUT2D eigenvalue weighted by molar-refractivity contribution is -0.173. The number of carbonyl (C=O) groups excluding carboxylic acids is 4. The molecule has 2 aliphatic rings. The first kappa shape index (κ1) is 20.2. The van der Waals surface area contributed by atoms with E-state index in [1.165, 1.54) is 23.8 Å². The van der Waals surface area contributed by atoms with Crippen LogP contribution in [0, 0.1) is 5.41 Å². The van der Waals surface area contributed by atoms with E-state index in [9.17, 15) is 19.2 Å². The van der Waals surface area contributed by atoms with Crippen molar-refractivity contribution in [3.05, 3.63) is 11.3 Å². The van der Waals surface area contributed by atoms with E-state index in [2.05, 4.69) is 5.32 Å². The number of methoxy groups -OCH3 is 1. The van der Waals surface area contributed by atoms with Crippen molar-refractivity contribution in [3.8, 4) is 0 Å². The molecule has 0 aromatic rings. The topological polar surface area (TPSA) is 111 Å². The number of fused-ring (bicyclic) bond motifs is 1. The van der Waals surface area contributed by atoms with Gasteiger partial charge in [-0.1, -0.05) is 0 Å². The van der Waals surface area contributed by atoms with Crippen LogP contribution in [0.15, 0.2) is 11.3 Å². The van der Waals surface area contributed by atoms with Gasteiger partial charge in [0.05, 0.1) is 12.0 Å². The molecule has 0 radical (unpaired) electrons. The Morgan fingerprint density at radius 3 is 2.62 bits per heavy atom. The number of esters is 2. The van der Waals surface area contributed by atoms with Crippen molar-refractivity contribution < 1.29 is 33.4 Å². The summed E-state index contributed by atoms with van der Waals surface area (Å²) in [5.41, 5.74) is -0.0455. The van der Waals surface area contributed by atoms with E-state index in [0.717, 1.165) is 0 Å². The minimum Gasteiger partial charge on any atom is -0.427 e. The highest BCUT2D eigenvalue weighted by Gasteiger charge is 2.53. The average molecular weight is 386 g/mol. The molecule has 2 atom stereocenters. The van der Waals surface area contributed by atoms with Crippen LogP contribution in [-0.4, -0.2) is 66.8 Å². The van der Waals surface area contributed by atoms with Crippen LogP contribution >= 0.6 is 11.8 Å². The molecule has 1 fully saturated rings. The molecule has 10 heteroatoms. The van der Waals surface area contributed by atoms with E-state index in [1.54, 1.807) is 20.8 Å². The van der Waals surface area contributed by atoms with Crippen molar-refractivity contribution in [3.63, 3.8) is 0 Å². The van der Waals surface area contributed by atoms with Crippen molar-refractivity contribution >= 4 is 36.0 Å². The Hall–Kier alpha value is -2.07. The largest absolute Gasteiger partial charge is 0.427 e. The van der Waals surface area contributed by atoms with E-state index < -0.39 is 36.1 Å². The van der Waals surface area contributed by atoms with Gasteiger partial charge in [0, 0.05) is 12.9 Å². The third-order valence-electron chi connectivity index (χ3n) is 3.80. The quantitative estimate of drug-likeness (QED) is 0.282. The summed E-state index contributed by atoms with van der Waals surface area (Å²) in [6.07, 6.45) is 0.457. The molecule has 2 rings (SSSR count). The van der Waals surface area contributed by atoms with Crippen molar-refractivity contribution in [2.45, 2.75) is 32.2 Å². The molecule has 2 amide bonds. The van der Waals surface area contributed by atoms with E-state index in [1.807, 2.05) is 0 Å². The van der Waals surface area contributed by atoms with Gasteiger partial charge < -0.3 is 19.5 Å². The van der Waals surface area contributed by atoms with Crippen LogP contribution in [0.2, 0.25) is 0 Å². The second-order valence-corrected chi connectivity index (χ2v) is 7.89. The van der Waals surface area contributed by atoms with Gasteiger partial charge in [-0.25, -0.2) is 4.79 Å². The molecule has 0 spiro atoms. The number of hydrogen-bond donors (Lipinski definition) is 1. The lowest BCUT2D eigenvalue weighted by atomic mass is 9.98. The zero-order chi connectivity index (χ0) is 19.5. The normalized spacial score (nSPS) is 22.3. The summed E-state index contributed by atoms with van der Waals surface area (Å²) in [4.78, 5) is 48.4. The first-order chi connectivity index (χ1) is 12.2. The smallest absolute Gasteiger partial charge is 0.358 e. The monoisotopic (exact) mass is 386 g/mol. The molecule has 144 valence electrons. The Bertz CT molecular complexity index is 641. The molecule has 9 nitrogen and oxygen atoms in total. The van der Waals surface area contributed by atoms with E-state index in [-0.39, 0.29) is 17.7 Å². The van der Waals surface area contributed by atoms with Gasteiger partial charge in [-0.3, -0.25) is 19.3 Å². The SMILES string of the molecule is COCC1=C(C(=O)OCOC(=O)C(C)(C)C)N2C(=O)[C@@H](NC=O)[C@H]2SC1. The third-order valence-corrected chi connectivity index (χ3v) is 5.14. The second-order valence-electron chi connectivity index (χ2n) is 6.79. The van der Waals surface area contributed by atoms with Gasteiger partial charge in [-0.05, 0) is 26.3 Å². The standard InChI is InChI=1S/C16H22N2O7S/c1-16(2,3)15(22)25-8-24-14(21)11-9(5-23-4)6-26-13-10(17-7-19)12(20)18(11)13/h7,10,13H,5-6,8H2,1-4H3,(H,17,19)/t10-,13-/m1/s1. The number of carbonyl (C=O) groups is 4. The lowest BCUT2D eigenvalue weighted by Crippen LogP contribution is -2.69. The first-order valence-electron chi connectivity index (χ1n) is 7.92. The van der Waals surface area contributed by atoms with Gasteiger partial charge in [0.1, 0.15) is 17.1 Å². The number of rotatable bonds is 7. The number of thioether (sulfide) groups is 1. The summed E-state index contributed by atoms with van der Waals surface area (Å²) in [6, 6.07) is -0.678.